The average Bonchev–Trinajstić information content (AvgIpc) is 2.76. The number of rotatable bonds is 3. The zero-order valence-corrected chi connectivity index (χ0v) is 16.9. The first-order valence-electron chi connectivity index (χ1n) is 10.9. The molecule has 156 valence electrons. The maximum Gasteiger partial charge on any atom is 0.194 e. The first-order chi connectivity index (χ1) is 14.0. The number of hydrogen-bond donors (Lipinski definition) is 0. The van der Waals surface area contributed by atoms with Crippen molar-refractivity contribution in [3.8, 4) is 11.1 Å². The SMILES string of the molecule is Cc1c(-c2ccc(C3CCC(C4CCCCC4)CC3)cc2F)cc(F)c(F)c1F. The summed E-state index contributed by atoms with van der Waals surface area (Å²) in [5.74, 6) is -2.57. The molecule has 0 atom stereocenters. The maximum atomic E-state index is 14.9. The van der Waals surface area contributed by atoms with Gasteiger partial charge in [0.15, 0.2) is 17.5 Å². The molecule has 2 aliphatic carbocycles. The van der Waals surface area contributed by atoms with E-state index in [1.54, 1.807) is 6.07 Å². The normalized spacial score (nSPS) is 23.3. The highest BCUT2D eigenvalue weighted by atomic mass is 19.2. The molecule has 2 saturated carbocycles. The van der Waals surface area contributed by atoms with Gasteiger partial charge in [-0.25, -0.2) is 17.6 Å². The highest BCUT2D eigenvalue weighted by molar-refractivity contribution is 5.68. The Morgan fingerprint density at radius 3 is 1.97 bits per heavy atom. The van der Waals surface area contributed by atoms with Crippen molar-refractivity contribution in [2.24, 2.45) is 11.8 Å². The molecule has 0 amide bonds. The summed E-state index contributed by atoms with van der Waals surface area (Å²) in [6.45, 7) is 1.34. The van der Waals surface area contributed by atoms with Crippen LogP contribution in [0.4, 0.5) is 17.6 Å². The standard InChI is InChI=1S/C25H28F4/c1-15-21(14-23(27)25(29)24(15)28)20-12-11-19(13-22(20)26)18-9-7-17(8-10-18)16-5-3-2-4-6-16/h11-14,16-18H,2-10H2,1H3. The van der Waals surface area contributed by atoms with E-state index in [2.05, 4.69) is 0 Å². The van der Waals surface area contributed by atoms with Crippen LogP contribution >= 0.6 is 0 Å². The van der Waals surface area contributed by atoms with Crippen molar-refractivity contribution in [3.05, 3.63) is 58.7 Å². The van der Waals surface area contributed by atoms with Crippen LogP contribution in [0, 0.1) is 42.0 Å². The second-order valence-electron chi connectivity index (χ2n) is 8.91. The molecule has 0 radical (unpaired) electrons. The zero-order chi connectivity index (χ0) is 20.5. The first kappa shape index (κ1) is 20.4. The molecule has 4 heteroatoms. The molecule has 2 aliphatic rings. The Balaban J connectivity index is 1.50. The Bertz CT molecular complexity index is 875. The Morgan fingerprint density at radius 1 is 0.655 bits per heavy atom. The summed E-state index contributed by atoms with van der Waals surface area (Å²) in [4.78, 5) is 0. The molecule has 2 fully saturated rings. The predicted molar refractivity (Wildman–Crippen MR) is 108 cm³/mol. The third-order valence-electron chi connectivity index (χ3n) is 7.25. The van der Waals surface area contributed by atoms with Crippen molar-refractivity contribution in [1.29, 1.82) is 0 Å². The van der Waals surface area contributed by atoms with Crippen LogP contribution in [-0.4, -0.2) is 0 Å². The average molecular weight is 404 g/mol. The Hall–Kier alpha value is -1.84. The number of benzene rings is 2. The second kappa shape index (κ2) is 8.49. The van der Waals surface area contributed by atoms with Gasteiger partial charge in [0.25, 0.3) is 0 Å². The second-order valence-corrected chi connectivity index (χ2v) is 8.91. The van der Waals surface area contributed by atoms with E-state index in [0.29, 0.717) is 5.92 Å². The number of hydrogen-bond acceptors (Lipinski definition) is 0. The van der Waals surface area contributed by atoms with Crippen LogP contribution in [0.3, 0.4) is 0 Å². The molecular weight excluding hydrogens is 376 g/mol. The van der Waals surface area contributed by atoms with E-state index in [-0.39, 0.29) is 16.7 Å². The van der Waals surface area contributed by atoms with Crippen LogP contribution in [0.2, 0.25) is 0 Å². The molecule has 2 aromatic carbocycles. The summed E-state index contributed by atoms with van der Waals surface area (Å²) in [7, 11) is 0. The monoisotopic (exact) mass is 404 g/mol. The Kier molecular flexibility index (Phi) is 5.98. The minimum Gasteiger partial charge on any atom is -0.206 e. The van der Waals surface area contributed by atoms with E-state index in [4.69, 9.17) is 0 Å². The fourth-order valence-electron chi connectivity index (χ4n) is 5.50. The van der Waals surface area contributed by atoms with Crippen LogP contribution in [-0.2, 0) is 0 Å². The smallest absolute Gasteiger partial charge is 0.194 e. The van der Waals surface area contributed by atoms with Crippen LogP contribution in [0.25, 0.3) is 11.1 Å². The van der Waals surface area contributed by atoms with Crippen molar-refractivity contribution in [2.45, 2.75) is 70.6 Å². The van der Waals surface area contributed by atoms with Gasteiger partial charge in [-0.05, 0) is 79.2 Å². The van der Waals surface area contributed by atoms with E-state index < -0.39 is 23.3 Å². The minimum absolute atomic E-state index is 0.0615. The minimum atomic E-state index is -1.52. The fourth-order valence-corrected chi connectivity index (χ4v) is 5.50. The largest absolute Gasteiger partial charge is 0.206 e. The van der Waals surface area contributed by atoms with Gasteiger partial charge >= 0.3 is 0 Å². The molecule has 29 heavy (non-hydrogen) atoms. The van der Waals surface area contributed by atoms with Crippen molar-refractivity contribution < 1.29 is 17.6 Å². The van der Waals surface area contributed by atoms with Crippen LogP contribution in [0.5, 0.6) is 0 Å². The van der Waals surface area contributed by atoms with Gasteiger partial charge in [-0.1, -0.05) is 44.2 Å². The molecule has 0 saturated heterocycles. The lowest BCUT2D eigenvalue weighted by Gasteiger charge is -2.36. The third kappa shape index (κ3) is 4.08. The van der Waals surface area contributed by atoms with Crippen LogP contribution in [0.15, 0.2) is 24.3 Å². The molecule has 2 aromatic rings. The van der Waals surface area contributed by atoms with E-state index in [0.717, 1.165) is 36.3 Å². The van der Waals surface area contributed by atoms with Crippen LogP contribution < -0.4 is 0 Å². The molecule has 0 aromatic heterocycles. The number of halogens is 4. The molecule has 0 heterocycles. The van der Waals surface area contributed by atoms with Gasteiger partial charge in [0.05, 0.1) is 0 Å². The molecule has 0 nitrogen and oxygen atoms in total. The summed E-state index contributed by atoms with van der Waals surface area (Å²) >= 11 is 0. The van der Waals surface area contributed by atoms with Gasteiger partial charge < -0.3 is 0 Å². The third-order valence-corrected chi connectivity index (χ3v) is 7.25. The van der Waals surface area contributed by atoms with Gasteiger partial charge in [-0.3, -0.25) is 0 Å². The summed E-state index contributed by atoms with van der Waals surface area (Å²) in [5.41, 5.74) is 1.05. The van der Waals surface area contributed by atoms with Gasteiger partial charge in [-0.15, -0.1) is 0 Å². The van der Waals surface area contributed by atoms with Gasteiger partial charge in [0, 0.05) is 5.56 Å². The molecule has 0 aliphatic heterocycles. The van der Waals surface area contributed by atoms with E-state index >= 15 is 0 Å². The van der Waals surface area contributed by atoms with Crippen molar-refractivity contribution in [1.82, 2.24) is 0 Å². The summed E-state index contributed by atoms with van der Waals surface area (Å²) in [6, 6.07) is 5.82. The lowest BCUT2D eigenvalue weighted by atomic mass is 9.70. The predicted octanol–water partition coefficient (Wildman–Crippen LogP) is 8.07. The van der Waals surface area contributed by atoms with Gasteiger partial charge in [0.2, 0.25) is 0 Å². The van der Waals surface area contributed by atoms with Crippen LogP contribution in [0.1, 0.15) is 74.8 Å². The van der Waals surface area contributed by atoms with E-state index in [1.807, 2.05) is 6.07 Å². The molecular formula is C25H28F4. The molecule has 0 N–H and O–H groups in total. The zero-order valence-electron chi connectivity index (χ0n) is 16.9. The highest BCUT2D eigenvalue weighted by Crippen LogP contribution is 2.43. The summed E-state index contributed by atoms with van der Waals surface area (Å²) < 4.78 is 55.8. The Morgan fingerprint density at radius 2 is 1.31 bits per heavy atom. The van der Waals surface area contributed by atoms with Crippen molar-refractivity contribution in [2.75, 3.05) is 0 Å². The summed E-state index contributed by atoms with van der Waals surface area (Å²) in [6.07, 6.45) is 11.4. The van der Waals surface area contributed by atoms with Crippen molar-refractivity contribution >= 4 is 0 Å². The first-order valence-corrected chi connectivity index (χ1v) is 10.9. The quantitative estimate of drug-likeness (QED) is 0.358. The van der Waals surface area contributed by atoms with E-state index in [1.165, 1.54) is 57.9 Å². The lowest BCUT2D eigenvalue weighted by molar-refractivity contribution is 0.186. The van der Waals surface area contributed by atoms with Gasteiger partial charge in [0.1, 0.15) is 5.82 Å². The van der Waals surface area contributed by atoms with Crippen molar-refractivity contribution in [3.63, 3.8) is 0 Å². The topological polar surface area (TPSA) is 0 Å². The lowest BCUT2D eigenvalue weighted by Crippen LogP contribution is -2.23. The maximum absolute atomic E-state index is 14.9. The summed E-state index contributed by atoms with van der Waals surface area (Å²) in [5, 5.41) is 0. The molecule has 0 bridgehead atoms. The Labute approximate surface area is 170 Å². The fraction of sp³-hybridized carbons (Fsp3) is 0.520. The molecule has 4 rings (SSSR count). The van der Waals surface area contributed by atoms with Gasteiger partial charge in [-0.2, -0.15) is 0 Å². The molecule has 0 spiro atoms. The highest BCUT2D eigenvalue weighted by Gasteiger charge is 2.29. The molecule has 0 unspecified atom stereocenters. The van der Waals surface area contributed by atoms with E-state index in [9.17, 15) is 17.6 Å².